The lowest BCUT2D eigenvalue weighted by atomic mass is 10.1. The number of likely N-dealkylation sites (N-methyl/N-ethyl adjacent to an activating group) is 1. The highest BCUT2D eigenvalue weighted by Crippen LogP contribution is 2.12. The molecule has 0 aliphatic carbocycles. The van der Waals surface area contributed by atoms with Crippen molar-refractivity contribution in [2.45, 2.75) is 25.8 Å². The number of benzene rings is 1. The summed E-state index contributed by atoms with van der Waals surface area (Å²) in [6.07, 6.45) is 2.11. The molecule has 2 nitrogen and oxygen atoms in total. The zero-order chi connectivity index (χ0) is 13.3. The highest BCUT2D eigenvalue weighted by atomic mass is 32.1. The van der Waals surface area contributed by atoms with Crippen molar-refractivity contribution in [2.75, 3.05) is 13.2 Å². The van der Waals surface area contributed by atoms with Crippen molar-refractivity contribution >= 4 is 11.3 Å². The Kier molecular flexibility index (Phi) is 5.92. The Labute approximate surface area is 119 Å². The van der Waals surface area contributed by atoms with E-state index in [1.807, 2.05) is 30.3 Å². The molecule has 0 amide bonds. The van der Waals surface area contributed by atoms with Gasteiger partial charge in [-0.15, -0.1) is 0 Å². The first-order valence-corrected chi connectivity index (χ1v) is 7.75. The summed E-state index contributed by atoms with van der Waals surface area (Å²) in [5.41, 5.74) is 1.41. The fraction of sp³-hybridized carbons (Fsp3) is 0.375. The van der Waals surface area contributed by atoms with Crippen LogP contribution in [0.1, 0.15) is 18.9 Å². The average Bonchev–Trinajstić information content (AvgIpc) is 2.93. The second-order valence-electron chi connectivity index (χ2n) is 4.54. The first-order chi connectivity index (χ1) is 9.38. The van der Waals surface area contributed by atoms with Gasteiger partial charge in [0.15, 0.2) is 0 Å². The molecule has 0 bridgehead atoms. The summed E-state index contributed by atoms with van der Waals surface area (Å²) in [4.78, 5) is 0. The third-order valence-corrected chi connectivity index (χ3v) is 3.77. The van der Waals surface area contributed by atoms with Crippen LogP contribution < -0.4 is 10.1 Å². The van der Waals surface area contributed by atoms with Crippen LogP contribution in [0.3, 0.4) is 0 Å². The monoisotopic (exact) mass is 275 g/mol. The van der Waals surface area contributed by atoms with Crippen LogP contribution in [-0.4, -0.2) is 19.2 Å². The Morgan fingerprint density at radius 1 is 1.21 bits per heavy atom. The molecule has 0 fully saturated rings. The molecule has 2 rings (SSSR count). The topological polar surface area (TPSA) is 21.3 Å². The number of nitrogens with one attached hydrogen (secondary N) is 1. The van der Waals surface area contributed by atoms with Gasteiger partial charge < -0.3 is 10.1 Å². The van der Waals surface area contributed by atoms with Crippen LogP contribution in [0.25, 0.3) is 0 Å². The molecule has 1 heterocycles. The minimum Gasteiger partial charge on any atom is -0.494 e. The van der Waals surface area contributed by atoms with E-state index in [1.54, 1.807) is 11.3 Å². The third-order valence-electron chi connectivity index (χ3n) is 3.03. The lowest BCUT2D eigenvalue weighted by Crippen LogP contribution is -2.32. The molecule has 0 aliphatic heterocycles. The Balaban J connectivity index is 1.77. The Morgan fingerprint density at radius 2 is 2.05 bits per heavy atom. The van der Waals surface area contributed by atoms with Gasteiger partial charge in [-0.3, -0.25) is 0 Å². The molecule has 2 aromatic rings. The summed E-state index contributed by atoms with van der Waals surface area (Å²) >= 11 is 1.76. The van der Waals surface area contributed by atoms with E-state index in [1.165, 1.54) is 5.56 Å². The van der Waals surface area contributed by atoms with E-state index in [4.69, 9.17) is 4.74 Å². The normalized spacial score (nSPS) is 12.3. The van der Waals surface area contributed by atoms with Gasteiger partial charge >= 0.3 is 0 Å². The molecule has 1 atom stereocenters. The maximum Gasteiger partial charge on any atom is 0.119 e. The van der Waals surface area contributed by atoms with Crippen LogP contribution in [0.2, 0.25) is 0 Å². The molecule has 1 unspecified atom stereocenters. The highest BCUT2D eigenvalue weighted by Gasteiger charge is 2.09. The molecule has 0 radical (unpaired) electrons. The van der Waals surface area contributed by atoms with E-state index in [-0.39, 0.29) is 0 Å². The Morgan fingerprint density at radius 3 is 2.74 bits per heavy atom. The summed E-state index contributed by atoms with van der Waals surface area (Å²) in [5.74, 6) is 0.952. The van der Waals surface area contributed by atoms with E-state index in [0.29, 0.717) is 6.04 Å². The Hall–Kier alpha value is -1.32. The van der Waals surface area contributed by atoms with E-state index in [9.17, 15) is 0 Å². The lowest BCUT2D eigenvalue weighted by molar-refractivity contribution is 0.285. The fourth-order valence-electron chi connectivity index (χ4n) is 2.09. The molecule has 1 aromatic heterocycles. The van der Waals surface area contributed by atoms with Crippen LogP contribution in [0.4, 0.5) is 0 Å². The number of para-hydroxylation sites is 1. The molecule has 1 N–H and O–H groups in total. The largest absolute Gasteiger partial charge is 0.494 e. The molecule has 0 saturated carbocycles. The van der Waals surface area contributed by atoms with Crippen molar-refractivity contribution in [3.8, 4) is 5.75 Å². The number of thiophene rings is 1. The van der Waals surface area contributed by atoms with Crippen molar-refractivity contribution < 1.29 is 4.74 Å². The molecule has 3 heteroatoms. The molecule has 1 aromatic carbocycles. The molecule has 102 valence electrons. The van der Waals surface area contributed by atoms with Gasteiger partial charge in [-0.25, -0.2) is 0 Å². The quantitative estimate of drug-likeness (QED) is 0.792. The summed E-state index contributed by atoms with van der Waals surface area (Å²) < 4.78 is 5.76. The van der Waals surface area contributed by atoms with E-state index < -0.39 is 0 Å². The minimum absolute atomic E-state index is 0.489. The van der Waals surface area contributed by atoms with Gasteiger partial charge in [0, 0.05) is 6.04 Å². The predicted molar refractivity (Wildman–Crippen MR) is 82.0 cm³/mol. The van der Waals surface area contributed by atoms with Crippen LogP contribution >= 0.6 is 11.3 Å². The SMILES string of the molecule is CCNC(CCOc1ccccc1)Cc1ccsc1. The maximum atomic E-state index is 5.76. The van der Waals surface area contributed by atoms with Crippen molar-refractivity contribution in [3.05, 3.63) is 52.7 Å². The Bertz CT molecular complexity index is 441. The second-order valence-corrected chi connectivity index (χ2v) is 5.32. The summed E-state index contributed by atoms with van der Waals surface area (Å²) in [6, 6.07) is 12.7. The second kappa shape index (κ2) is 7.97. The number of rotatable bonds is 8. The first kappa shape index (κ1) is 14.1. The van der Waals surface area contributed by atoms with Gasteiger partial charge in [0.25, 0.3) is 0 Å². The minimum atomic E-state index is 0.489. The zero-order valence-electron chi connectivity index (χ0n) is 11.3. The van der Waals surface area contributed by atoms with E-state index >= 15 is 0 Å². The van der Waals surface area contributed by atoms with E-state index in [0.717, 1.165) is 31.7 Å². The van der Waals surface area contributed by atoms with Gasteiger partial charge in [0.2, 0.25) is 0 Å². The van der Waals surface area contributed by atoms with Gasteiger partial charge in [-0.2, -0.15) is 11.3 Å². The van der Waals surface area contributed by atoms with Gasteiger partial charge in [0.1, 0.15) is 5.75 Å². The van der Waals surface area contributed by atoms with Gasteiger partial charge in [-0.1, -0.05) is 25.1 Å². The number of hydrogen-bond donors (Lipinski definition) is 1. The van der Waals surface area contributed by atoms with Crippen LogP contribution in [0.5, 0.6) is 5.75 Å². The molecule has 0 saturated heterocycles. The molecule has 0 aliphatic rings. The molecular weight excluding hydrogens is 254 g/mol. The summed E-state index contributed by atoms with van der Waals surface area (Å²) in [6.45, 7) is 3.91. The standard InChI is InChI=1S/C16H21NOS/c1-2-17-15(12-14-9-11-19-13-14)8-10-18-16-6-4-3-5-7-16/h3-7,9,11,13,15,17H,2,8,10,12H2,1H3. The van der Waals surface area contributed by atoms with Gasteiger partial charge in [0.05, 0.1) is 6.61 Å². The summed E-state index contributed by atoms with van der Waals surface area (Å²) in [5, 5.41) is 7.89. The fourth-order valence-corrected chi connectivity index (χ4v) is 2.78. The van der Waals surface area contributed by atoms with Crippen molar-refractivity contribution in [2.24, 2.45) is 0 Å². The van der Waals surface area contributed by atoms with E-state index in [2.05, 4.69) is 29.1 Å². The number of ether oxygens (including phenoxy) is 1. The smallest absolute Gasteiger partial charge is 0.119 e. The summed E-state index contributed by atoms with van der Waals surface area (Å²) in [7, 11) is 0. The number of hydrogen-bond acceptors (Lipinski definition) is 3. The maximum absolute atomic E-state index is 5.76. The molecule has 0 spiro atoms. The van der Waals surface area contributed by atoms with Crippen molar-refractivity contribution in [1.29, 1.82) is 0 Å². The molecular formula is C16H21NOS. The zero-order valence-corrected chi connectivity index (χ0v) is 12.2. The van der Waals surface area contributed by atoms with Crippen molar-refractivity contribution in [3.63, 3.8) is 0 Å². The van der Waals surface area contributed by atoms with Crippen molar-refractivity contribution in [1.82, 2.24) is 5.32 Å². The third kappa shape index (κ3) is 5.05. The predicted octanol–water partition coefficient (Wildman–Crippen LogP) is 3.74. The molecule has 19 heavy (non-hydrogen) atoms. The lowest BCUT2D eigenvalue weighted by Gasteiger charge is -2.17. The first-order valence-electron chi connectivity index (χ1n) is 6.80. The van der Waals surface area contributed by atoms with Crippen LogP contribution in [0.15, 0.2) is 47.2 Å². The highest BCUT2D eigenvalue weighted by molar-refractivity contribution is 7.07. The van der Waals surface area contributed by atoms with Crippen LogP contribution in [0, 0.1) is 0 Å². The van der Waals surface area contributed by atoms with Gasteiger partial charge in [-0.05, 0) is 53.9 Å². The van der Waals surface area contributed by atoms with Crippen LogP contribution in [-0.2, 0) is 6.42 Å². The average molecular weight is 275 g/mol.